The molecule has 28 heavy (non-hydrogen) atoms. The minimum atomic E-state index is -1.13. The number of nitrogens with zero attached hydrogens (tertiary/aromatic N) is 3. The van der Waals surface area contributed by atoms with Crippen LogP contribution >= 0.6 is 0 Å². The van der Waals surface area contributed by atoms with Crippen LogP contribution < -0.4 is 10.6 Å². The molecule has 3 N–H and O–H groups in total. The van der Waals surface area contributed by atoms with E-state index < -0.39 is 5.60 Å². The van der Waals surface area contributed by atoms with Gasteiger partial charge in [0.25, 0.3) is 0 Å². The third kappa shape index (κ3) is 5.23. The highest BCUT2D eigenvalue weighted by atomic mass is 16.4. The van der Waals surface area contributed by atoms with Crippen molar-refractivity contribution in [3.8, 4) is 0 Å². The monoisotopic (exact) mass is 381 g/mol. The van der Waals surface area contributed by atoms with E-state index >= 15 is 0 Å². The van der Waals surface area contributed by atoms with Crippen LogP contribution in [-0.4, -0.2) is 33.7 Å². The second kappa shape index (κ2) is 9.23. The summed E-state index contributed by atoms with van der Waals surface area (Å²) in [5.41, 5.74) is 0.0797. The first-order chi connectivity index (χ1) is 13.6. The SMILES string of the molecule is CCNC(=NCc1nccn1Cc1ccccc1)NCC(C)(O)c1ccco1. The molecule has 0 aliphatic heterocycles. The summed E-state index contributed by atoms with van der Waals surface area (Å²) in [6.07, 6.45) is 5.30. The number of guanidine groups is 1. The topological polar surface area (TPSA) is 87.6 Å². The van der Waals surface area contributed by atoms with Gasteiger partial charge in [-0.15, -0.1) is 0 Å². The molecule has 0 saturated carbocycles. The first-order valence-electron chi connectivity index (χ1n) is 9.41. The molecule has 0 amide bonds. The van der Waals surface area contributed by atoms with Crippen LogP contribution in [0.25, 0.3) is 0 Å². The number of aliphatic imine (C=N–C) groups is 1. The Morgan fingerprint density at radius 2 is 2.04 bits per heavy atom. The van der Waals surface area contributed by atoms with Crippen LogP contribution in [0.15, 0.2) is 70.5 Å². The van der Waals surface area contributed by atoms with Crippen molar-refractivity contribution in [2.45, 2.75) is 32.5 Å². The number of furan rings is 1. The molecule has 2 aromatic heterocycles. The lowest BCUT2D eigenvalue weighted by molar-refractivity contribution is 0.0386. The molecular formula is C21H27N5O2. The van der Waals surface area contributed by atoms with Crippen LogP contribution in [0.2, 0.25) is 0 Å². The predicted molar refractivity (Wildman–Crippen MR) is 109 cm³/mol. The van der Waals surface area contributed by atoms with Gasteiger partial charge in [-0.3, -0.25) is 0 Å². The fourth-order valence-electron chi connectivity index (χ4n) is 2.84. The molecule has 3 rings (SSSR count). The Hall–Kier alpha value is -3.06. The maximum absolute atomic E-state index is 10.6. The van der Waals surface area contributed by atoms with Crippen molar-refractivity contribution < 1.29 is 9.52 Å². The predicted octanol–water partition coefficient (Wildman–Crippen LogP) is 2.49. The van der Waals surface area contributed by atoms with E-state index in [1.165, 1.54) is 5.56 Å². The number of hydrogen-bond donors (Lipinski definition) is 3. The van der Waals surface area contributed by atoms with Gasteiger partial charge < -0.3 is 24.7 Å². The lowest BCUT2D eigenvalue weighted by Gasteiger charge is -2.22. The number of imidazole rings is 1. The zero-order chi connectivity index (χ0) is 19.8. The summed E-state index contributed by atoms with van der Waals surface area (Å²) in [4.78, 5) is 9.04. The van der Waals surface area contributed by atoms with Crippen molar-refractivity contribution in [2.75, 3.05) is 13.1 Å². The van der Waals surface area contributed by atoms with Crippen molar-refractivity contribution in [3.05, 3.63) is 78.3 Å². The molecule has 1 aromatic carbocycles. The molecule has 0 bridgehead atoms. The Balaban J connectivity index is 1.64. The fourth-order valence-corrected chi connectivity index (χ4v) is 2.84. The number of aromatic nitrogens is 2. The zero-order valence-corrected chi connectivity index (χ0v) is 16.3. The van der Waals surface area contributed by atoms with Gasteiger partial charge in [-0.1, -0.05) is 30.3 Å². The third-order valence-electron chi connectivity index (χ3n) is 4.37. The Morgan fingerprint density at radius 1 is 1.21 bits per heavy atom. The van der Waals surface area contributed by atoms with Crippen LogP contribution in [0.1, 0.15) is 31.0 Å². The van der Waals surface area contributed by atoms with Gasteiger partial charge in [0, 0.05) is 25.5 Å². The van der Waals surface area contributed by atoms with E-state index in [1.54, 1.807) is 31.5 Å². The molecule has 1 atom stereocenters. The summed E-state index contributed by atoms with van der Waals surface area (Å²) in [5, 5.41) is 17.0. The maximum atomic E-state index is 10.6. The van der Waals surface area contributed by atoms with E-state index in [1.807, 2.05) is 31.3 Å². The summed E-state index contributed by atoms with van der Waals surface area (Å²) in [7, 11) is 0. The normalized spacial score (nSPS) is 13.9. The summed E-state index contributed by atoms with van der Waals surface area (Å²) in [6, 6.07) is 13.8. The minimum absolute atomic E-state index is 0.269. The summed E-state index contributed by atoms with van der Waals surface area (Å²) in [6.45, 7) is 5.87. The van der Waals surface area contributed by atoms with Crippen molar-refractivity contribution in [3.63, 3.8) is 0 Å². The molecule has 1 unspecified atom stereocenters. The average molecular weight is 381 g/mol. The highest BCUT2D eigenvalue weighted by Crippen LogP contribution is 2.19. The van der Waals surface area contributed by atoms with Crippen LogP contribution in [0.5, 0.6) is 0 Å². The van der Waals surface area contributed by atoms with Crippen LogP contribution in [0.4, 0.5) is 0 Å². The van der Waals surface area contributed by atoms with Crippen molar-refractivity contribution >= 4 is 5.96 Å². The van der Waals surface area contributed by atoms with E-state index in [0.717, 1.165) is 12.4 Å². The van der Waals surface area contributed by atoms with Gasteiger partial charge in [-0.05, 0) is 31.5 Å². The number of aliphatic hydroxyl groups is 1. The highest BCUT2D eigenvalue weighted by molar-refractivity contribution is 5.79. The molecule has 7 nitrogen and oxygen atoms in total. The third-order valence-corrected chi connectivity index (χ3v) is 4.37. The number of benzene rings is 1. The molecular weight excluding hydrogens is 354 g/mol. The van der Waals surface area contributed by atoms with E-state index in [9.17, 15) is 5.11 Å². The number of nitrogens with one attached hydrogen (secondary N) is 2. The van der Waals surface area contributed by atoms with E-state index in [-0.39, 0.29) is 6.54 Å². The summed E-state index contributed by atoms with van der Waals surface area (Å²) < 4.78 is 7.40. The standard InChI is InChI=1S/C21H27N5O2/c1-3-22-20(25-16-21(2,27)18-10-7-13-28-18)24-14-19-23-11-12-26(19)15-17-8-5-4-6-9-17/h4-13,27H,3,14-16H2,1-2H3,(H2,22,24,25). The van der Waals surface area contributed by atoms with Crippen LogP contribution in [-0.2, 0) is 18.7 Å². The molecule has 7 heteroatoms. The summed E-state index contributed by atoms with van der Waals surface area (Å²) in [5.74, 6) is 2.00. The molecule has 3 aromatic rings. The van der Waals surface area contributed by atoms with Crippen molar-refractivity contribution in [1.82, 2.24) is 20.2 Å². The quantitative estimate of drug-likeness (QED) is 0.412. The second-order valence-electron chi connectivity index (χ2n) is 6.76. The Morgan fingerprint density at radius 3 is 2.75 bits per heavy atom. The molecule has 0 saturated heterocycles. The highest BCUT2D eigenvalue weighted by Gasteiger charge is 2.26. The van der Waals surface area contributed by atoms with Gasteiger partial charge in [-0.2, -0.15) is 0 Å². The Kier molecular flexibility index (Phi) is 6.49. The van der Waals surface area contributed by atoms with Gasteiger partial charge in [-0.25, -0.2) is 9.98 Å². The molecule has 0 aliphatic carbocycles. The fraction of sp³-hybridized carbons (Fsp3) is 0.333. The second-order valence-corrected chi connectivity index (χ2v) is 6.76. The average Bonchev–Trinajstić information content (AvgIpc) is 3.38. The lowest BCUT2D eigenvalue weighted by atomic mass is 10.0. The van der Waals surface area contributed by atoms with Gasteiger partial charge in [0.15, 0.2) is 5.96 Å². The molecule has 0 fully saturated rings. The van der Waals surface area contributed by atoms with Crippen LogP contribution in [0, 0.1) is 0 Å². The van der Waals surface area contributed by atoms with Gasteiger partial charge >= 0.3 is 0 Å². The van der Waals surface area contributed by atoms with Crippen molar-refractivity contribution in [2.24, 2.45) is 4.99 Å². The largest absolute Gasteiger partial charge is 0.466 e. The van der Waals surface area contributed by atoms with E-state index in [0.29, 0.717) is 24.8 Å². The Labute approximate surface area is 165 Å². The molecule has 2 heterocycles. The lowest BCUT2D eigenvalue weighted by Crippen LogP contribution is -2.44. The van der Waals surface area contributed by atoms with Gasteiger partial charge in [0.2, 0.25) is 0 Å². The first-order valence-corrected chi connectivity index (χ1v) is 9.41. The number of hydrogen-bond acceptors (Lipinski definition) is 4. The zero-order valence-electron chi connectivity index (χ0n) is 16.3. The maximum Gasteiger partial charge on any atom is 0.191 e. The molecule has 0 aliphatic rings. The molecule has 0 spiro atoms. The first kappa shape index (κ1) is 19.7. The summed E-state index contributed by atoms with van der Waals surface area (Å²) >= 11 is 0. The minimum Gasteiger partial charge on any atom is -0.466 e. The molecule has 0 radical (unpaired) electrons. The van der Waals surface area contributed by atoms with E-state index in [2.05, 4.69) is 37.3 Å². The number of rotatable bonds is 8. The van der Waals surface area contributed by atoms with Gasteiger partial charge in [0.1, 0.15) is 23.7 Å². The Bertz CT molecular complexity index is 869. The smallest absolute Gasteiger partial charge is 0.191 e. The molecule has 148 valence electrons. The van der Waals surface area contributed by atoms with Gasteiger partial charge in [0.05, 0.1) is 12.8 Å². The van der Waals surface area contributed by atoms with Crippen molar-refractivity contribution in [1.29, 1.82) is 0 Å². The van der Waals surface area contributed by atoms with Crippen LogP contribution in [0.3, 0.4) is 0 Å². The van der Waals surface area contributed by atoms with E-state index in [4.69, 9.17) is 4.42 Å².